The summed E-state index contributed by atoms with van der Waals surface area (Å²) in [6.07, 6.45) is 1.74. The number of aliphatic hydroxyl groups excluding tert-OH is 1. The number of hydrogen-bond donors (Lipinski definition) is 2. The Balaban J connectivity index is 2.28. The van der Waals surface area contributed by atoms with Gasteiger partial charge in [-0.15, -0.1) is 0 Å². The van der Waals surface area contributed by atoms with Crippen LogP contribution in [0.15, 0.2) is 42.7 Å². The van der Waals surface area contributed by atoms with Gasteiger partial charge in [0.15, 0.2) is 6.04 Å². The molecule has 0 unspecified atom stereocenters. The highest BCUT2D eigenvalue weighted by Crippen LogP contribution is 2.19. The summed E-state index contributed by atoms with van der Waals surface area (Å²) in [5.41, 5.74) is 2.65. The first-order valence-corrected chi connectivity index (χ1v) is 8.07. The number of esters is 1. The van der Waals surface area contributed by atoms with Gasteiger partial charge in [-0.2, -0.15) is 0 Å². The summed E-state index contributed by atoms with van der Waals surface area (Å²) in [5.74, 6) is -1.14. The molecule has 132 valence electrons. The molecule has 0 radical (unpaired) electrons. The lowest BCUT2D eigenvalue weighted by atomic mass is 10.0. The molecule has 2 rings (SSSR count). The lowest BCUT2D eigenvalue weighted by molar-refractivity contribution is -0.148. The lowest BCUT2D eigenvalue weighted by Gasteiger charge is -2.23. The summed E-state index contributed by atoms with van der Waals surface area (Å²) >= 11 is 0. The average Bonchev–Trinajstić information content (AvgIpc) is 2.62. The molecule has 2 atom stereocenters. The van der Waals surface area contributed by atoms with E-state index in [1.54, 1.807) is 37.4 Å². The molecular weight excluding hydrogens is 320 g/mol. The number of ether oxygens (including phenoxy) is 1. The smallest absolute Gasteiger partial charge is 0.331 e. The maximum atomic E-state index is 12.6. The van der Waals surface area contributed by atoms with Crippen LogP contribution in [0.2, 0.25) is 0 Å². The van der Waals surface area contributed by atoms with Crippen molar-refractivity contribution in [3.63, 3.8) is 0 Å². The molecule has 0 spiro atoms. The molecular formula is C19H22N2O4. The Hall–Kier alpha value is -2.73. The van der Waals surface area contributed by atoms with Gasteiger partial charge in [0.2, 0.25) is 0 Å². The van der Waals surface area contributed by atoms with Crippen LogP contribution >= 0.6 is 0 Å². The highest BCUT2D eigenvalue weighted by molar-refractivity contribution is 5.98. The fourth-order valence-electron chi connectivity index (χ4n) is 2.46. The van der Waals surface area contributed by atoms with Gasteiger partial charge in [0.25, 0.3) is 5.91 Å². The minimum Gasteiger partial charge on any atom is -0.464 e. The first-order chi connectivity index (χ1) is 12.0. The van der Waals surface area contributed by atoms with E-state index in [9.17, 15) is 14.7 Å². The molecule has 1 amide bonds. The van der Waals surface area contributed by atoms with E-state index in [1.165, 1.54) is 6.20 Å². The van der Waals surface area contributed by atoms with Crippen LogP contribution in [0, 0.1) is 13.8 Å². The van der Waals surface area contributed by atoms with Crippen LogP contribution in [-0.4, -0.2) is 34.6 Å². The van der Waals surface area contributed by atoms with E-state index in [0.717, 1.165) is 11.1 Å². The van der Waals surface area contributed by atoms with E-state index < -0.39 is 24.0 Å². The summed E-state index contributed by atoms with van der Waals surface area (Å²) in [6.45, 7) is 5.55. The second kappa shape index (κ2) is 8.39. The summed E-state index contributed by atoms with van der Waals surface area (Å²) in [4.78, 5) is 28.8. The topological polar surface area (TPSA) is 88.5 Å². The molecule has 1 aromatic carbocycles. The van der Waals surface area contributed by atoms with E-state index in [1.807, 2.05) is 19.9 Å². The summed E-state index contributed by atoms with van der Waals surface area (Å²) < 4.78 is 5.00. The number of aryl methyl sites for hydroxylation is 1. The van der Waals surface area contributed by atoms with Crippen LogP contribution in [0.1, 0.15) is 40.1 Å². The Morgan fingerprint density at radius 2 is 2.00 bits per heavy atom. The first kappa shape index (κ1) is 18.6. The van der Waals surface area contributed by atoms with Crippen LogP contribution in [0.3, 0.4) is 0 Å². The number of carbonyl (C=O) groups is 2. The lowest BCUT2D eigenvalue weighted by Crippen LogP contribution is -2.46. The van der Waals surface area contributed by atoms with Gasteiger partial charge < -0.3 is 15.2 Å². The zero-order chi connectivity index (χ0) is 18.4. The highest BCUT2D eigenvalue weighted by atomic mass is 16.5. The molecule has 0 aliphatic rings. The Morgan fingerprint density at radius 1 is 1.24 bits per heavy atom. The van der Waals surface area contributed by atoms with Crippen molar-refractivity contribution in [2.45, 2.75) is 32.9 Å². The van der Waals surface area contributed by atoms with Gasteiger partial charge in [-0.1, -0.05) is 18.2 Å². The monoisotopic (exact) mass is 342 g/mol. The molecule has 0 saturated carbocycles. The number of pyridine rings is 1. The van der Waals surface area contributed by atoms with Crippen molar-refractivity contribution in [1.82, 2.24) is 10.3 Å². The number of hydrogen-bond acceptors (Lipinski definition) is 5. The standard InChI is InChI=1S/C19H22N2O4/c1-4-25-19(24)16(17(22)14-8-6-10-20-11-14)21-18(23)15-9-5-7-12(2)13(15)3/h5-11,16-17,22H,4H2,1-3H3,(H,21,23)/t16-,17-/m0/s1. The number of nitrogens with one attached hydrogen (secondary N) is 1. The van der Waals surface area contributed by atoms with Crippen molar-refractivity contribution in [3.05, 3.63) is 65.0 Å². The van der Waals surface area contributed by atoms with E-state index in [4.69, 9.17) is 4.74 Å². The average molecular weight is 342 g/mol. The Morgan fingerprint density at radius 3 is 2.64 bits per heavy atom. The predicted molar refractivity (Wildman–Crippen MR) is 93.0 cm³/mol. The maximum Gasteiger partial charge on any atom is 0.331 e. The molecule has 2 aromatic rings. The molecule has 0 saturated heterocycles. The molecule has 0 bridgehead atoms. The van der Waals surface area contributed by atoms with Gasteiger partial charge >= 0.3 is 5.97 Å². The van der Waals surface area contributed by atoms with E-state index in [-0.39, 0.29) is 6.61 Å². The SMILES string of the molecule is CCOC(=O)[C@@H](NC(=O)c1cccc(C)c1C)[C@@H](O)c1cccnc1. The molecule has 1 aromatic heterocycles. The third kappa shape index (κ3) is 4.42. The number of benzene rings is 1. The molecule has 0 fully saturated rings. The van der Waals surface area contributed by atoms with Gasteiger partial charge in [0, 0.05) is 23.5 Å². The van der Waals surface area contributed by atoms with E-state index in [2.05, 4.69) is 10.3 Å². The maximum absolute atomic E-state index is 12.6. The number of amides is 1. The van der Waals surface area contributed by atoms with Gasteiger partial charge in [-0.05, 0) is 44.0 Å². The van der Waals surface area contributed by atoms with Crippen molar-refractivity contribution in [3.8, 4) is 0 Å². The largest absolute Gasteiger partial charge is 0.464 e. The second-order valence-corrected chi connectivity index (χ2v) is 5.68. The summed E-state index contributed by atoms with van der Waals surface area (Å²) in [5, 5.41) is 13.1. The second-order valence-electron chi connectivity index (χ2n) is 5.68. The predicted octanol–water partition coefficient (Wildman–Crippen LogP) is 2.09. The zero-order valence-corrected chi connectivity index (χ0v) is 14.5. The van der Waals surface area contributed by atoms with Gasteiger partial charge in [-0.3, -0.25) is 9.78 Å². The number of aromatic nitrogens is 1. The Bertz CT molecular complexity index is 746. The normalized spacial score (nSPS) is 13.0. The molecule has 6 nitrogen and oxygen atoms in total. The van der Waals surface area contributed by atoms with Gasteiger partial charge in [-0.25, -0.2) is 4.79 Å². The Labute approximate surface area is 146 Å². The quantitative estimate of drug-likeness (QED) is 0.785. The molecule has 2 N–H and O–H groups in total. The van der Waals surface area contributed by atoms with E-state index in [0.29, 0.717) is 11.1 Å². The van der Waals surface area contributed by atoms with Crippen LogP contribution in [0.4, 0.5) is 0 Å². The molecule has 6 heteroatoms. The van der Waals surface area contributed by atoms with Crippen LogP contribution in [0.5, 0.6) is 0 Å². The molecule has 25 heavy (non-hydrogen) atoms. The minimum atomic E-state index is -1.26. The van der Waals surface area contributed by atoms with Gasteiger partial charge in [0.1, 0.15) is 6.10 Å². The number of nitrogens with zero attached hydrogens (tertiary/aromatic N) is 1. The van der Waals surface area contributed by atoms with Crippen molar-refractivity contribution >= 4 is 11.9 Å². The van der Waals surface area contributed by atoms with Gasteiger partial charge in [0.05, 0.1) is 6.61 Å². The summed E-state index contributed by atoms with van der Waals surface area (Å²) in [7, 11) is 0. The highest BCUT2D eigenvalue weighted by Gasteiger charge is 2.31. The number of aliphatic hydroxyl groups is 1. The molecule has 0 aliphatic carbocycles. The van der Waals surface area contributed by atoms with Crippen LogP contribution in [0.25, 0.3) is 0 Å². The molecule has 0 aliphatic heterocycles. The van der Waals surface area contributed by atoms with Crippen molar-refractivity contribution in [2.75, 3.05) is 6.61 Å². The number of carbonyl (C=O) groups excluding carboxylic acids is 2. The summed E-state index contributed by atoms with van der Waals surface area (Å²) in [6, 6.07) is 7.40. The van der Waals surface area contributed by atoms with Crippen LogP contribution in [-0.2, 0) is 9.53 Å². The minimum absolute atomic E-state index is 0.147. The fourth-order valence-corrected chi connectivity index (χ4v) is 2.46. The van der Waals surface area contributed by atoms with Crippen LogP contribution < -0.4 is 5.32 Å². The third-order valence-electron chi connectivity index (χ3n) is 4.02. The first-order valence-electron chi connectivity index (χ1n) is 8.07. The Kier molecular flexibility index (Phi) is 6.25. The van der Waals surface area contributed by atoms with Crippen molar-refractivity contribution in [2.24, 2.45) is 0 Å². The third-order valence-corrected chi connectivity index (χ3v) is 4.02. The number of rotatable bonds is 6. The van der Waals surface area contributed by atoms with Crippen molar-refractivity contribution in [1.29, 1.82) is 0 Å². The van der Waals surface area contributed by atoms with Crippen molar-refractivity contribution < 1.29 is 19.4 Å². The fraction of sp³-hybridized carbons (Fsp3) is 0.316. The van der Waals surface area contributed by atoms with E-state index >= 15 is 0 Å². The molecule has 1 heterocycles. The zero-order valence-electron chi connectivity index (χ0n) is 14.5.